The zero-order chi connectivity index (χ0) is 11.9. The van der Waals surface area contributed by atoms with Crippen LogP contribution in [0.2, 0.25) is 0 Å². The number of hydrogen-bond acceptors (Lipinski definition) is 2. The van der Waals surface area contributed by atoms with E-state index in [0.29, 0.717) is 12.3 Å². The van der Waals surface area contributed by atoms with E-state index in [-0.39, 0.29) is 18.3 Å². The van der Waals surface area contributed by atoms with Crippen LogP contribution >= 0.6 is 12.4 Å². The number of halogens is 1. The van der Waals surface area contributed by atoms with Gasteiger partial charge in [-0.15, -0.1) is 12.4 Å². The van der Waals surface area contributed by atoms with Crippen LogP contribution in [0.25, 0.3) is 0 Å². The first-order chi connectivity index (χ1) is 8.34. The molecule has 1 fully saturated rings. The van der Waals surface area contributed by atoms with Gasteiger partial charge in [0, 0.05) is 6.54 Å². The number of nitrogens with one attached hydrogen (secondary N) is 2. The van der Waals surface area contributed by atoms with E-state index < -0.39 is 0 Å². The van der Waals surface area contributed by atoms with Crippen LogP contribution < -0.4 is 10.6 Å². The highest BCUT2D eigenvalue weighted by Crippen LogP contribution is 2.09. The Bertz CT molecular complexity index is 350. The zero-order valence-corrected chi connectivity index (χ0v) is 11.3. The highest BCUT2D eigenvalue weighted by molar-refractivity contribution is 5.85. The Kier molecular flexibility index (Phi) is 6.76. The molecule has 0 bridgehead atoms. The predicted octanol–water partition coefficient (Wildman–Crippen LogP) is 1.77. The molecule has 1 aliphatic heterocycles. The van der Waals surface area contributed by atoms with Crippen LogP contribution in [0.4, 0.5) is 0 Å². The number of carbonyl (C=O) groups is 1. The molecule has 1 heterocycles. The first-order valence-corrected chi connectivity index (χ1v) is 6.36. The van der Waals surface area contributed by atoms with Gasteiger partial charge in [0.2, 0.25) is 5.91 Å². The number of amides is 1. The fourth-order valence-corrected chi connectivity index (χ4v) is 2.19. The van der Waals surface area contributed by atoms with Crippen LogP contribution in [-0.4, -0.2) is 25.5 Å². The number of carbonyl (C=O) groups excluding carboxylic acids is 1. The van der Waals surface area contributed by atoms with Crippen LogP contribution in [0, 0.1) is 5.92 Å². The Morgan fingerprint density at radius 3 is 2.56 bits per heavy atom. The van der Waals surface area contributed by atoms with E-state index in [2.05, 4.69) is 10.6 Å². The first kappa shape index (κ1) is 15.0. The Balaban J connectivity index is 0.00000162. The molecule has 0 spiro atoms. The van der Waals surface area contributed by atoms with Gasteiger partial charge in [-0.05, 0) is 37.4 Å². The molecule has 0 aliphatic carbocycles. The normalized spacial score (nSPS) is 15.8. The number of benzene rings is 1. The minimum Gasteiger partial charge on any atom is -0.356 e. The summed E-state index contributed by atoms with van der Waals surface area (Å²) in [4.78, 5) is 11.7. The van der Waals surface area contributed by atoms with Gasteiger partial charge in [0.1, 0.15) is 0 Å². The van der Waals surface area contributed by atoms with Gasteiger partial charge in [0.25, 0.3) is 0 Å². The van der Waals surface area contributed by atoms with Gasteiger partial charge in [0.05, 0.1) is 6.42 Å². The van der Waals surface area contributed by atoms with Crippen molar-refractivity contribution < 1.29 is 4.79 Å². The smallest absolute Gasteiger partial charge is 0.224 e. The second-order valence-electron chi connectivity index (χ2n) is 4.66. The van der Waals surface area contributed by atoms with Gasteiger partial charge in [-0.1, -0.05) is 30.3 Å². The molecule has 0 saturated carbocycles. The second-order valence-corrected chi connectivity index (χ2v) is 4.66. The quantitative estimate of drug-likeness (QED) is 0.874. The molecule has 1 aromatic carbocycles. The number of hydrogen-bond donors (Lipinski definition) is 2. The van der Waals surface area contributed by atoms with Gasteiger partial charge >= 0.3 is 0 Å². The highest BCUT2D eigenvalue weighted by Gasteiger charge is 2.13. The highest BCUT2D eigenvalue weighted by atomic mass is 35.5. The van der Waals surface area contributed by atoms with E-state index in [9.17, 15) is 4.79 Å². The van der Waals surface area contributed by atoms with Crippen molar-refractivity contribution in [2.24, 2.45) is 5.92 Å². The summed E-state index contributed by atoms with van der Waals surface area (Å²) in [7, 11) is 0. The van der Waals surface area contributed by atoms with E-state index in [0.717, 1.165) is 25.2 Å². The van der Waals surface area contributed by atoms with Gasteiger partial charge in [-0.2, -0.15) is 0 Å². The summed E-state index contributed by atoms with van der Waals surface area (Å²) in [5.41, 5.74) is 1.08. The molecule has 3 nitrogen and oxygen atoms in total. The molecule has 100 valence electrons. The molecule has 4 heteroatoms. The molecular weight excluding hydrogens is 248 g/mol. The third-order valence-electron chi connectivity index (χ3n) is 3.25. The maximum atomic E-state index is 11.7. The van der Waals surface area contributed by atoms with Crippen LogP contribution in [0.1, 0.15) is 18.4 Å². The summed E-state index contributed by atoms with van der Waals surface area (Å²) < 4.78 is 0. The number of rotatable bonds is 4. The van der Waals surface area contributed by atoms with Crippen molar-refractivity contribution in [2.75, 3.05) is 19.6 Å². The Labute approximate surface area is 115 Å². The first-order valence-electron chi connectivity index (χ1n) is 6.36. The maximum Gasteiger partial charge on any atom is 0.224 e. The van der Waals surface area contributed by atoms with Crippen molar-refractivity contribution in [3.8, 4) is 0 Å². The monoisotopic (exact) mass is 268 g/mol. The summed E-state index contributed by atoms with van der Waals surface area (Å²) in [6, 6.07) is 9.88. The van der Waals surface area contributed by atoms with Crippen LogP contribution in [0.3, 0.4) is 0 Å². The molecule has 0 atom stereocenters. The molecule has 1 saturated heterocycles. The standard InChI is InChI=1S/C14H20N2O.ClH/c17-14(10-12-4-2-1-3-5-12)16-11-13-6-8-15-9-7-13;/h1-5,13,15H,6-11H2,(H,16,17);1H. The Morgan fingerprint density at radius 1 is 1.22 bits per heavy atom. The summed E-state index contributed by atoms with van der Waals surface area (Å²) in [5.74, 6) is 0.783. The Morgan fingerprint density at radius 2 is 1.89 bits per heavy atom. The van der Waals surface area contributed by atoms with Gasteiger partial charge in [0.15, 0.2) is 0 Å². The van der Waals surface area contributed by atoms with Crippen LogP contribution in [0.5, 0.6) is 0 Å². The summed E-state index contributed by atoms with van der Waals surface area (Å²) in [6.45, 7) is 2.99. The third-order valence-corrected chi connectivity index (χ3v) is 3.25. The molecular formula is C14H21ClN2O. The molecule has 0 aromatic heterocycles. The largest absolute Gasteiger partial charge is 0.356 e. The van der Waals surface area contributed by atoms with Crippen molar-refractivity contribution in [3.63, 3.8) is 0 Å². The molecule has 2 N–H and O–H groups in total. The van der Waals surface area contributed by atoms with E-state index in [1.54, 1.807) is 0 Å². The minimum absolute atomic E-state index is 0. The van der Waals surface area contributed by atoms with Crippen LogP contribution in [-0.2, 0) is 11.2 Å². The van der Waals surface area contributed by atoms with Gasteiger partial charge in [-0.25, -0.2) is 0 Å². The molecule has 1 aromatic rings. The lowest BCUT2D eigenvalue weighted by molar-refractivity contribution is -0.120. The van der Waals surface area contributed by atoms with E-state index in [1.807, 2.05) is 30.3 Å². The van der Waals surface area contributed by atoms with Crippen molar-refractivity contribution in [2.45, 2.75) is 19.3 Å². The fourth-order valence-electron chi connectivity index (χ4n) is 2.19. The summed E-state index contributed by atoms with van der Waals surface area (Å²) in [5, 5.41) is 6.36. The van der Waals surface area contributed by atoms with E-state index in [4.69, 9.17) is 0 Å². The lowest BCUT2D eigenvalue weighted by atomic mass is 9.98. The zero-order valence-electron chi connectivity index (χ0n) is 10.5. The topological polar surface area (TPSA) is 41.1 Å². The van der Waals surface area contributed by atoms with Gasteiger partial charge < -0.3 is 10.6 Å². The van der Waals surface area contributed by atoms with Crippen molar-refractivity contribution in [1.29, 1.82) is 0 Å². The van der Waals surface area contributed by atoms with E-state index in [1.165, 1.54) is 12.8 Å². The Hall–Kier alpha value is -1.06. The molecule has 1 aliphatic rings. The molecule has 0 radical (unpaired) electrons. The van der Waals surface area contributed by atoms with Crippen LogP contribution in [0.15, 0.2) is 30.3 Å². The van der Waals surface area contributed by atoms with Crippen molar-refractivity contribution in [3.05, 3.63) is 35.9 Å². The lowest BCUT2D eigenvalue weighted by Crippen LogP contribution is -2.36. The van der Waals surface area contributed by atoms with Crippen molar-refractivity contribution >= 4 is 18.3 Å². The molecule has 18 heavy (non-hydrogen) atoms. The maximum absolute atomic E-state index is 11.7. The predicted molar refractivity (Wildman–Crippen MR) is 76.0 cm³/mol. The minimum atomic E-state index is 0. The second kappa shape index (κ2) is 8.11. The average Bonchev–Trinajstić information content (AvgIpc) is 2.39. The summed E-state index contributed by atoms with van der Waals surface area (Å²) in [6.07, 6.45) is 2.84. The van der Waals surface area contributed by atoms with Gasteiger partial charge in [-0.3, -0.25) is 4.79 Å². The third kappa shape index (κ3) is 5.07. The van der Waals surface area contributed by atoms with E-state index >= 15 is 0 Å². The SMILES string of the molecule is Cl.O=C(Cc1ccccc1)NCC1CCNCC1. The molecule has 0 unspecified atom stereocenters. The lowest BCUT2D eigenvalue weighted by Gasteiger charge is -2.22. The molecule has 1 amide bonds. The fraction of sp³-hybridized carbons (Fsp3) is 0.500. The average molecular weight is 269 g/mol. The molecule has 2 rings (SSSR count). The summed E-state index contributed by atoms with van der Waals surface area (Å²) >= 11 is 0. The van der Waals surface area contributed by atoms with Crippen molar-refractivity contribution in [1.82, 2.24) is 10.6 Å². The number of piperidine rings is 1.